The third-order valence-electron chi connectivity index (χ3n) is 11.6. The second-order valence-corrected chi connectivity index (χ2v) is 15.0. The van der Waals surface area contributed by atoms with Crippen molar-refractivity contribution in [2.45, 2.75) is 0 Å². The molecule has 0 radical (unpaired) electrons. The summed E-state index contributed by atoms with van der Waals surface area (Å²) < 4.78 is 2.38. The highest BCUT2D eigenvalue weighted by atomic mass is 15.1. The van der Waals surface area contributed by atoms with Crippen molar-refractivity contribution in [3.05, 3.63) is 231 Å². The van der Waals surface area contributed by atoms with Gasteiger partial charge in [-0.05, 0) is 116 Å². The zero-order valence-electron chi connectivity index (χ0n) is 31.8. The molecular weight excluding hydrogens is 701 g/mol. The van der Waals surface area contributed by atoms with Gasteiger partial charge in [-0.2, -0.15) is 0 Å². The first-order valence-corrected chi connectivity index (χ1v) is 19.9. The van der Waals surface area contributed by atoms with Gasteiger partial charge in [0.05, 0.1) is 16.7 Å². The number of nitrogens with zero attached hydrogens (tertiary/aromatic N) is 2. The molecular formula is C56H38N2. The lowest BCUT2D eigenvalue weighted by Gasteiger charge is -2.28. The summed E-state index contributed by atoms with van der Waals surface area (Å²) in [5, 5.41) is 7.51. The molecule has 272 valence electrons. The lowest BCUT2D eigenvalue weighted by molar-refractivity contribution is 1.18. The lowest BCUT2D eigenvalue weighted by Crippen LogP contribution is -2.11. The zero-order valence-corrected chi connectivity index (χ0v) is 31.8. The van der Waals surface area contributed by atoms with Gasteiger partial charge in [-0.25, -0.2) is 0 Å². The Balaban J connectivity index is 1.03. The Morgan fingerprint density at radius 1 is 0.293 bits per heavy atom. The summed E-state index contributed by atoms with van der Waals surface area (Å²) in [6, 6.07) is 83.8. The number of benzene rings is 10. The number of anilines is 3. The van der Waals surface area contributed by atoms with Crippen LogP contribution in [0.25, 0.3) is 82.4 Å². The minimum Gasteiger partial charge on any atom is -0.310 e. The molecule has 0 atom stereocenters. The van der Waals surface area contributed by atoms with E-state index in [0.29, 0.717) is 0 Å². The predicted octanol–water partition coefficient (Wildman–Crippen LogP) is 15.6. The minimum absolute atomic E-state index is 1.09. The highest BCUT2D eigenvalue weighted by Gasteiger charge is 2.19. The van der Waals surface area contributed by atoms with Crippen LogP contribution in [-0.4, -0.2) is 4.57 Å². The number of para-hydroxylation sites is 3. The van der Waals surface area contributed by atoms with E-state index in [1.807, 2.05) is 0 Å². The van der Waals surface area contributed by atoms with Crippen LogP contribution < -0.4 is 4.90 Å². The maximum absolute atomic E-state index is 2.41. The Labute approximate surface area is 338 Å². The van der Waals surface area contributed by atoms with Gasteiger partial charge in [0.2, 0.25) is 0 Å². The SMILES string of the molecule is c1cc(-c2ccc3ccccc3c2)cc(N(c2ccc(-c3ccc4ccccc4c3)cc2)c2ccccc2-c2ccc(-n3c4ccccc4c4ccccc43)cc2)c1. The summed E-state index contributed by atoms with van der Waals surface area (Å²) in [4.78, 5) is 2.41. The third kappa shape index (κ3) is 5.91. The van der Waals surface area contributed by atoms with Crippen LogP contribution in [0.5, 0.6) is 0 Å². The molecule has 0 bridgehead atoms. The number of hydrogen-bond acceptors (Lipinski definition) is 1. The number of fused-ring (bicyclic) bond motifs is 5. The fraction of sp³-hybridized carbons (Fsp3) is 0. The van der Waals surface area contributed by atoms with Crippen LogP contribution in [0.3, 0.4) is 0 Å². The standard InChI is InChI=1S/C56H38N2/c1-3-14-43-36-46(26-24-39(43)12-1)41-28-32-48(33-29-41)57(50-17-11-16-45(38-50)47-27-25-40-13-2-4-15-44(40)37-47)54-21-8-5-18-51(54)42-30-34-49(35-31-42)58-55-22-9-6-19-52(55)53-20-7-10-23-56(53)58/h1-38H. The Morgan fingerprint density at radius 2 is 0.793 bits per heavy atom. The second kappa shape index (κ2) is 14.1. The van der Waals surface area contributed by atoms with Crippen LogP contribution in [0.2, 0.25) is 0 Å². The Hall–Kier alpha value is -7.68. The van der Waals surface area contributed by atoms with Crippen molar-refractivity contribution < 1.29 is 0 Å². The van der Waals surface area contributed by atoms with Crippen LogP contribution in [0, 0.1) is 0 Å². The predicted molar refractivity (Wildman–Crippen MR) is 247 cm³/mol. The van der Waals surface area contributed by atoms with Gasteiger partial charge in [0.1, 0.15) is 0 Å². The van der Waals surface area contributed by atoms with Crippen molar-refractivity contribution in [1.29, 1.82) is 0 Å². The molecule has 0 unspecified atom stereocenters. The Bertz CT molecular complexity index is 3230. The highest BCUT2D eigenvalue weighted by Crippen LogP contribution is 2.43. The van der Waals surface area contributed by atoms with Crippen molar-refractivity contribution in [2.75, 3.05) is 4.90 Å². The van der Waals surface area contributed by atoms with E-state index in [4.69, 9.17) is 0 Å². The van der Waals surface area contributed by atoms with Crippen molar-refractivity contribution >= 4 is 60.4 Å². The molecule has 0 aliphatic heterocycles. The summed E-state index contributed by atoms with van der Waals surface area (Å²) in [5.41, 5.74) is 13.9. The molecule has 11 aromatic rings. The van der Waals surface area contributed by atoms with Gasteiger partial charge in [-0.15, -0.1) is 0 Å². The van der Waals surface area contributed by atoms with Gasteiger partial charge in [0, 0.05) is 33.4 Å². The van der Waals surface area contributed by atoms with Crippen LogP contribution >= 0.6 is 0 Å². The third-order valence-corrected chi connectivity index (χ3v) is 11.6. The highest BCUT2D eigenvalue weighted by molar-refractivity contribution is 6.09. The second-order valence-electron chi connectivity index (χ2n) is 15.0. The van der Waals surface area contributed by atoms with Gasteiger partial charge < -0.3 is 9.47 Å². The Morgan fingerprint density at radius 3 is 1.45 bits per heavy atom. The molecule has 0 amide bonds. The molecule has 0 aliphatic carbocycles. The van der Waals surface area contributed by atoms with E-state index in [1.165, 1.54) is 65.6 Å². The molecule has 1 heterocycles. The van der Waals surface area contributed by atoms with E-state index in [1.54, 1.807) is 0 Å². The van der Waals surface area contributed by atoms with Crippen molar-refractivity contribution in [1.82, 2.24) is 4.57 Å². The monoisotopic (exact) mass is 738 g/mol. The van der Waals surface area contributed by atoms with Crippen molar-refractivity contribution in [3.63, 3.8) is 0 Å². The average Bonchev–Trinajstić information content (AvgIpc) is 3.64. The van der Waals surface area contributed by atoms with Crippen molar-refractivity contribution in [3.8, 4) is 39.1 Å². The molecule has 0 spiro atoms. The first kappa shape index (κ1) is 33.6. The molecule has 0 saturated heterocycles. The molecule has 0 aliphatic rings. The first-order chi connectivity index (χ1) is 28.7. The molecule has 0 fully saturated rings. The smallest absolute Gasteiger partial charge is 0.0541 e. The average molecular weight is 739 g/mol. The number of aromatic nitrogens is 1. The summed E-state index contributed by atoms with van der Waals surface area (Å²) in [7, 11) is 0. The molecule has 2 heteroatoms. The van der Waals surface area contributed by atoms with Gasteiger partial charge in [-0.1, -0.05) is 164 Å². The van der Waals surface area contributed by atoms with E-state index in [2.05, 4.69) is 240 Å². The molecule has 11 rings (SSSR count). The number of hydrogen-bond donors (Lipinski definition) is 0. The summed E-state index contributed by atoms with van der Waals surface area (Å²) >= 11 is 0. The van der Waals surface area contributed by atoms with E-state index in [-0.39, 0.29) is 0 Å². The normalized spacial score (nSPS) is 11.4. The van der Waals surface area contributed by atoms with Gasteiger partial charge in [0.25, 0.3) is 0 Å². The molecule has 1 aromatic heterocycles. The first-order valence-electron chi connectivity index (χ1n) is 19.9. The van der Waals surface area contributed by atoms with E-state index in [9.17, 15) is 0 Å². The maximum Gasteiger partial charge on any atom is 0.0541 e. The lowest BCUT2D eigenvalue weighted by atomic mass is 9.98. The van der Waals surface area contributed by atoms with Crippen LogP contribution in [0.1, 0.15) is 0 Å². The zero-order chi connectivity index (χ0) is 38.4. The van der Waals surface area contributed by atoms with Crippen molar-refractivity contribution in [2.24, 2.45) is 0 Å². The molecule has 2 nitrogen and oxygen atoms in total. The van der Waals surface area contributed by atoms with E-state index in [0.717, 1.165) is 33.9 Å². The minimum atomic E-state index is 1.09. The van der Waals surface area contributed by atoms with E-state index >= 15 is 0 Å². The topological polar surface area (TPSA) is 8.17 Å². The molecule has 10 aromatic carbocycles. The fourth-order valence-electron chi connectivity index (χ4n) is 8.70. The van der Waals surface area contributed by atoms with Crippen LogP contribution in [-0.2, 0) is 0 Å². The van der Waals surface area contributed by atoms with Gasteiger partial charge >= 0.3 is 0 Å². The largest absolute Gasteiger partial charge is 0.310 e. The fourth-order valence-corrected chi connectivity index (χ4v) is 8.70. The van der Waals surface area contributed by atoms with Crippen LogP contribution in [0.4, 0.5) is 17.1 Å². The van der Waals surface area contributed by atoms with Gasteiger partial charge in [-0.3, -0.25) is 0 Å². The number of rotatable bonds is 7. The Kier molecular flexibility index (Phi) is 8.19. The van der Waals surface area contributed by atoms with E-state index < -0.39 is 0 Å². The van der Waals surface area contributed by atoms with Gasteiger partial charge in [0.15, 0.2) is 0 Å². The summed E-state index contributed by atoms with van der Waals surface area (Å²) in [5.74, 6) is 0. The summed E-state index contributed by atoms with van der Waals surface area (Å²) in [6.07, 6.45) is 0. The quantitative estimate of drug-likeness (QED) is 0.158. The maximum atomic E-state index is 2.41. The van der Waals surface area contributed by atoms with Crippen LogP contribution in [0.15, 0.2) is 231 Å². The molecule has 58 heavy (non-hydrogen) atoms. The summed E-state index contributed by atoms with van der Waals surface area (Å²) in [6.45, 7) is 0. The molecule has 0 N–H and O–H groups in total. The molecule has 0 saturated carbocycles.